The second-order valence-electron chi connectivity index (χ2n) is 7.41. The molecule has 0 bridgehead atoms. The van der Waals surface area contributed by atoms with E-state index in [9.17, 15) is 4.39 Å². The van der Waals surface area contributed by atoms with Crippen LogP contribution in [0.5, 0.6) is 0 Å². The van der Waals surface area contributed by atoms with Crippen molar-refractivity contribution in [1.29, 1.82) is 0 Å². The lowest BCUT2D eigenvalue weighted by atomic mass is 9.96. The van der Waals surface area contributed by atoms with Crippen LogP contribution in [0.1, 0.15) is 24.3 Å². The highest BCUT2D eigenvalue weighted by molar-refractivity contribution is 14.0. The number of benzene rings is 2. The fourth-order valence-corrected chi connectivity index (χ4v) is 3.50. The third kappa shape index (κ3) is 5.94. The quantitative estimate of drug-likeness (QED) is 0.254. The van der Waals surface area contributed by atoms with Gasteiger partial charge in [-0.15, -0.1) is 24.0 Å². The van der Waals surface area contributed by atoms with Crippen LogP contribution in [0.2, 0.25) is 5.02 Å². The number of aliphatic imine (C=N–C) groups is 1. The van der Waals surface area contributed by atoms with Gasteiger partial charge in [-0.1, -0.05) is 28.9 Å². The Hall–Kier alpha value is -2.20. The molecule has 9 heteroatoms. The van der Waals surface area contributed by atoms with Gasteiger partial charge >= 0.3 is 0 Å². The topological polar surface area (TPSA) is 75.3 Å². The summed E-state index contributed by atoms with van der Waals surface area (Å²) < 4.78 is 18.9. The van der Waals surface area contributed by atoms with Crippen molar-refractivity contribution in [1.82, 2.24) is 20.8 Å². The first-order chi connectivity index (χ1) is 14.6. The van der Waals surface area contributed by atoms with E-state index in [2.05, 4.69) is 25.8 Å². The van der Waals surface area contributed by atoms with E-state index in [1.807, 2.05) is 18.2 Å². The number of guanidine groups is 1. The average Bonchev–Trinajstić information content (AvgIpc) is 3.41. The maximum absolute atomic E-state index is 13.6. The normalized spacial score (nSPS) is 14.6. The molecule has 1 aliphatic carbocycles. The van der Waals surface area contributed by atoms with Gasteiger partial charge in [0.2, 0.25) is 11.7 Å². The molecule has 4 rings (SSSR count). The summed E-state index contributed by atoms with van der Waals surface area (Å²) >= 11 is 5.91. The molecule has 0 atom stereocenters. The first-order valence-electron chi connectivity index (χ1n) is 9.87. The third-order valence-electron chi connectivity index (χ3n) is 5.31. The van der Waals surface area contributed by atoms with Crippen LogP contribution < -0.4 is 10.6 Å². The fourth-order valence-electron chi connectivity index (χ4n) is 3.37. The summed E-state index contributed by atoms with van der Waals surface area (Å²) in [6.45, 7) is 1.30. The van der Waals surface area contributed by atoms with Crippen molar-refractivity contribution >= 4 is 41.5 Å². The maximum Gasteiger partial charge on any atom is 0.228 e. The molecular formula is C22H24ClFIN5O. The zero-order valence-electron chi connectivity index (χ0n) is 17.1. The smallest absolute Gasteiger partial charge is 0.228 e. The van der Waals surface area contributed by atoms with E-state index in [1.165, 1.54) is 6.07 Å². The van der Waals surface area contributed by atoms with Crippen LogP contribution >= 0.6 is 35.6 Å². The van der Waals surface area contributed by atoms with Crippen molar-refractivity contribution < 1.29 is 8.91 Å². The van der Waals surface area contributed by atoms with E-state index in [4.69, 9.17) is 16.1 Å². The number of nitrogens with one attached hydrogen (secondary N) is 2. The first kappa shape index (κ1) is 23.5. The molecule has 2 N–H and O–H groups in total. The lowest BCUT2D eigenvalue weighted by Crippen LogP contribution is -2.42. The van der Waals surface area contributed by atoms with Crippen LogP contribution in [-0.2, 0) is 11.8 Å². The van der Waals surface area contributed by atoms with Crippen molar-refractivity contribution in [3.05, 3.63) is 70.8 Å². The van der Waals surface area contributed by atoms with Gasteiger partial charge in [-0.25, -0.2) is 4.39 Å². The maximum atomic E-state index is 13.6. The summed E-state index contributed by atoms with van der Waals surface area (Å²) in [6, 6.07) is 14.1. The molecule has 2 aromatic carbocycles. The fraction of sp³-hybridized carbons (Fsp3) is 0.318. The standard InChI is InChI=1S/C22H23ClFN5O.HI/c1-25-21(27-14-22(10-11-22)16-3-2-4-18(24)13-16)26-12-9-19-28-20(29-30-19)15-5-7-17(23)8-6-15;/h2-8,13H,9-12,14H2,1H3,(H2,25,26,27);1H. The number of hydrogen-bond donors (Lipinski definition) is 2. The minimum atomic E-state index is -0.196. The summed E-state index contributed by atoms with van der Waals surface area (Å²) in [6.07, 6.45) is 2.64. The minimum absolute atomic E-state index is 0. The zero-order chi connectivity index (χ0) is 21.0. The predicted octanol–water partition coefficient (Wildman–Crippen LogP) is 4.59. The number of aromatic nitrogens is 2. The van der Waals surface area contributed by atoms with Crippen LogP contribution in [0.4, 0.5) is 4.39 Å². The molecule has 3 aromatic rings. The van der Waals surface area contributed by atoms with Gasteiger partial charge in [0, 0.05) is 42.6 Å². The molecule has 6 nitrogen and oxygen atoms in total. The average molecular weight is 556 g/mol. The van der Waals surface area contributed by atoms with E-state index in [0.29, 0.717) is 42.2 Å². The number of rotatable bonds is 7. The lowest BCUT2D eigenvalue weighted by Gasteiger charge is -2.19. The molecule has 1 saturated carbocycles. The van der Waals surface area contributed by atoms with Crippen LogP contribution in [0.3, 0.4) is 0 Å². The van der Waals surface area contributed by atoms with Gasteiger partial charge in [0.1, 0.15) is 5.82 Å². The van der Waals surface area contributed by atoms with Gasteiger partial charge in [-0.2, -0.15) is 4.98 Å². The monoisotopic (exact) mass is 555 g/mol. The van der Waals surface area contributed by atoms with Crippen molar-refractivity contribution in [2.75, 3.05) is 20.1 Å². The molecule has 0 saturated heterocycles. The van der Waals surface area contributed by atoms with E-state index in [-0.39, 0.29) is 35.2 Å². The van der Waals surface area contributed by atoms with E-state index in [0.717, 1.165) is 24.0 Å². The molecule has 0 aliphatic heterocycles. The van der Waals surface area contributed by atoms with Crippen LogP contribution in [-0.4, -0.2) is 36.2 Å². The molecule has 1 heterocycles. The highest BCUT2D eigenvalue weighted by Gasteiger charge is 2.44. The van der Waals surface area contributed by atoms with Gasteiger partial charge in [0.15, 0.2) is 5.96 Å². The van der Waals surface area contributed by atoms with E-state index >= 15 is 0 Å². The Morgan fingerprint density at radius 3 is 2.65 bits per heavy atom. The van der Waals surface area contributed by atoms with Gasteiger partial charge in [-0.3, -0.25) is 4.99 Å². The van der Waals surface area contributed by atoms with Crippen LogP contribution in [0.25, 0.3) is 11.4 Å². The largest absolute Gasteiger partial charge is 0.356 e. The Morgan fingerprint density at radius 2 is 1.97 bits per heavy atom. The lowest BCUT2D eigenvalue weighted by molar-refractivity contribution is 0.378. The Balaban J connectivity index is 0.00000272. The minimum Gasteiger partial charge on any atom is -0.356 e. The summed E-state index contributed by atoms with van der Waals surface area (Å²) in [5.41, 5.74) is 1.87. The molecule has 0 spiro atoms. The van der Waals surface area contributed by atoms with Crippen molar-refractivity contribution in [2.45, 2.75) is 24.7 Å². The molecule has 0 amide bonds. The Morgan fingerprint density at radius 1 is 1.19 bits per heavy atom. The Bertz CT molecular complexity index is 1040. The highest BCUT2D eigenvalue weighted by Crippen LogP contribution is 2.47. The van der Waals surface area contributed by atoms with Gasteiger partial charge < -0.3 is 15.2 Å². The van der Waals surface area contributed by atoms with Gasteiger partial charge in [-0.05, 0) is 54.8 Å². The number of halogens is 3. The van der Waals surface area contributed by atoms with Crippen LogP contribution in [0, 0.1) is 5.82 Å². The third-order valence-corrected chi connectivity index (χ3v) is 5.56. The summed E-state index contributed by atoms with van der Waals surface area (Å²) in [7, 11) is 1.72. The first-order valence-corrected chi connectivity index (χ1v) is 10.2. The van der Waals surface area contributed by atoms with Gasteiger partial charge in [0.05, 0.1) is 0 Å². The SMILES string of the molecule is CN=C(NCCc1nc(-c2ccc(Cl)cc2)no1)NCC1(c2cccc(F)c2)CC1.I. The molecule has 1 aromatic heterocycles. The summed E-state index contributed by atoms with van der Waals surface area (Å²) in [4.78, 5) is 8.68. The van der Waals surface area contributed by atoms with E-state index < -0.39 is 0 Å². The van der Waals surface area contributed by atoms with Crippen molar-refractivity contribution in [2.24, 2.45) is 4.99 Å². The summed E-state index contributed by atoms with van der Waals surface area (Å²) in [5.74, 6) is 1.57. The number of nitrogens with zero attached hydrogens (tertiary/aromatic N) is 3. The zero-order valence-corrected chi connectivity index (χ0v) is 20.2. The molecule has 1 aliphatic rings. The summed E-state index contributed by atoms with van der Waals surface area (Å²) in [5, 5.41) is 11.3. The molecule has 164 valence electrons. The Labute approximate surface area is 202 Å². The number of hydrogen-bond acceptors (Lipinski definition) is 4. The van der Waals surface area contributed by atoms with Gasteiger partial charge in [0.25, 0.3) is 0 Å². The molecule has 1 fully saturated rings. The Kier molecular flexibility index (Phi) is 7.88. The van der Waals surface area contributed by atoms with Crippen molar-refractivity contribution in [3.63, 3.8) is 0 Å². The van der Waals surface area contributed by atoms with Crippen LogP contribution in [0.15, 0.2) is 58.0 Å². The second-order valence-corrected chi connectivity index (χ2v) is 7.85. The second kappa shape index (κ2) is 10.4. The van der Waals surface area contributed by atoms with Crippen molar-refractivity contribution in [3.8, 4) is 11.4 Å². The predicted molar refractivity (Wildman–Crippen MR) is 131 cm³/mol. The molecular weight excluding hydrogens is 532 g/mol. The highest BCUT2D eigenvalue weighted by atomic mass is 127. The van der Waals surface area contributed by atoms with E-state index in [1.54, 1.807) is 31.3 Å². The molecule has 31 heavy (non-hydrogen) atoms. The molecule has 0 unspecified atom stereocenters. The molecule has 0 radical (unpaired) electrons.